The Morgan fingerprint density at radius 3 is 2.75 bits per heavy atom. The van der Waals surface area contributed by atoms with E-state index in [1.165, 1.54) is 17.1 Å². The van der Waals surface area contributed by atoms with Crippen LogP contribution in [0.25, 0.3) is 11.3 Å². The average molecular weight is 761 g/mol. The number of rotatable bonds is 8. The molecule has 1 saturated heterocycles. The van der Waals surface area contributed by atoms with Crippen LogP contribution in [0.5, 0.6) is 0 Å². The van der Waals surface area contributed by atoms with Crippen LogP contribution in [-0.4, -0.2) is 103 Å². The molecule has 15 nitrogen and oxygen atoms in total. The molecular formula is C39H49FN8O7. The summed E-state index contributed by atoms with van der Waals surface area (Å²) in [5.74, 6) is -2.88. The van der Waals surface area contributed by atoms with E-state index >= 15 is 0 Å². The highest BCUT2D eigenvalue weighted by molar-refractivity contribution is 5.95. The predicted molar refractivity (Wildman–Crippen MR) is 199 cm³/mol. The van der Waals surface area contributed by atoms with Gasteiger partial charge in [-0.3, -0.25) is 24.0 Å². The zero-order chi connectivity index (χ0) is 39.3. The van der Waals surface area contributed by atoms with Gasteiger partial charge in [-0.2, -0.15) is 0 Å². The number of aliphatic hydroxyl groups is 1. The van der Waals surface area contributed by atoms with E-state index in [2.05, 4.69) is 30.9 Å². The van der Waals surface area contributed by atoms with Crippen LogP contribution in [0.2, 0.25) is 0 Å². The SMILES string of the molecule is CC1=CC(O)CC(F)Cc2nc(co2)C(=O)N2CCCC2C(=O)OC(C(C)C)C(CC(=O)NCCCn2cc(-c3ccncc3)nn2)/C=C/C(=O)NCC=C1. The third-order valence-electron chi connectivity index (χ3n) is 9.33. The molecular weight excluding hydrogens is 711 g/mol. The fourth-order valence-corrected chi connectivity index (χ4v) is 6.58. The average Bonchev–Trinajstić information content (AvgIpc) is 3.94. The number of nitrogens with one attached hydrogen (secondary N) is 2. The van der Waals surface area contributed by atoms with Crippen molar-refractivity contribution in [2.24, 2.45) is 11.8 Å². The number of alkyl halides is 1. The minimum Gasteiger partial charge on any atom is -0.460 e. The number of fused-ring (bicyclic) bond motifs is 3. The Bertz CT molecular complexity index is 1860. The number of aryl methyl sites for hydroxylation is 1. The molecule has 2 aliphatic heterocycles. The van der Waals surface area contributed by atoms with Crippen LogP contribution in [0.4, 0.5) is 4.39 Å². The number of cyclic esters (lactones) is 1. The van der Waals surface area contributed by atoms with Gasteiger partial charge in [-0.25, -0.2) is 14.2 Å². The number of hydrogen-bond acceptors (Lipinski definition) is 11. The highest BCUT2D eigenvalue weighted by Gasteiger charge is 2.39. The van der Waals surface area contributed by atoms with Crippen LogP contribution in [0.15, 0.2) is 77.4 Å². The standard InChI is InChI=1S/C39H49FN8O7/c1-25(2)37-28(20-35(51)43-14-6-17-47-23-31(45-46-47)27-11-15-41-16-12-27)9-10-34(50)42-13-4-7-26(3)19-30(49)21-29(40)22-36-44-32(24-54-36)38(52)48-18-5-8-33(48)39(53)55-37/h4,7,9-12,15-16,19,23-25,28-30,33,37,49H,5-6,8,13-14,17-18,20-22H2,1-3H3,(H,42,50)(H,43,51)/b7-4?,10-9+,26-19?. The number of esters is 1. The van der Waals surface area contributed by atoms with E-state index in [1.807, 2.05) is 32.2 Å². The summed E-state index contributed by atoms with van der Waals surface area (Å²) >= 11 is 0. The fourth-order valence-electron chi connectivity index (χ4n) is 6.58. The first kappa shape index (κ1) is 40.7. The predicted octanol–water partition coefficient (Wildman–Crippen LogP) is 3.53. The Hall–Kier alpha value is -5.51. The Labute approximate surface area is 319 Å². The molecule has 55 heavy (non-hydrogen) atoms. The van der Waals surface area contributed by atoms with Crippen molar-refractivity contribution < 1.29 is 37.8 Å². The van der Waals surface area contributed by atoms with E-state index < -0.39 is 48.1 Å². The first-order valence-corrected chi connectivity index (χ1v) is 18.6. The second-order valence-corrected chi connectivity index (χ2v) is 14.1. The molecule has 1 fully saturated rings. The lowest BCUT2D eigenvalue weighted by Crippen LogP contribution is -2.44. The molecule has 0 saturated carbocycles. The maximum absolute atomic E-state index is 14.8. The van der Waals surface area contributed by atoms with Crippen LogP contribution in [0.3, 0.4) is 0 Å². The van der Waals surface area contributed by atoms with Crippen molar-refractivity contribution in [2.45, 2.75) is 90.3 Å². The number of nitrogens with zero attached hydrogens (tertiary/aromatic N) is 6. The Balaban J connectivity index is 1.29. The molecule has 16 heteroatoms. The van der Waals surface area contributed by atoms with Crippen molar-refractivity contribution in [1.82, 2.24) is 40.5 Å². The highest BCUT2D eigenvalue weighted by atomic mass is 19.1. The van der Waals surface area contributed by atoms with Crippen LogP contribution in [0.1, 0.15) is 69.3 Å². The Morgan fingerprint density at radius 1 is 1.16 bits per heavy atom. The molecule has 3 amide bonds. The number of allylic oxidation sites excluding steroid dienone is 2. The molecule has 2 bridgehead atoms. The lowest BCUT2D eigenvalue weighted by Gasteiger charge is -2.31. The molecule has 0 spiro atoms. The smallest absolute Gasteiger partial charge is 0.329 e. The molecule has 3 N–H and O–H groups in total. The maximum atomic E-state index is 14.8. The molecule has 294 valence electrons. The number of hydrogen-bond donors (Lipinski definition) is 3. The van der Waals surface area contributed by atoms with E-state index in [0.29, 0.717) is 43.6 Å². The number of oxazole rings is 1. The van der Waals surface area contributed by atoms with Crippen molar-refractivity contribution in [1.29, 1.82) is 0 Å². The lowest BCUT2D eigenvalue weighted by atomic mass is 9.89. The number of aromatic nitrogens is 5. The number of amides is 3. The molecule has 5 heterocycles. The first-order chi connectivity index (χ1) is 26.5. The van der Waals surface area contributed by atoms with Crippen LogP contribution >= 0.6 is 0 Å². The van der Waals surface area contributed by atoms with Crippen molar-refractivity contribution in [3.05, 3.63) is 84.5 Å². The van der Waals surface area contributed by atoms with Crippen LogP contribution in [-0.2, 0) is 32.1 Å². The number of halogens is 1. The van der Waals surface area contributed by atoms with Gasteiger partial charge in [0.2, 0.25) is 11.8 Å². The van der Waals surface area contributed by atoms with E-state index in [0.717, 1.165) is 11.8 Å². The maximum Gasteiger partial charge on any atom is 0.329 e. The van der Waals surface area contributed by atoms with Crippen molar-refractivity contribution in [2.75, 3.05) is 19.6 Å². The molecule has 0 aliphatic carbocycles. The topological polar surface area (TPSA) is 195 Å². The van der Waals surface area contributed by atoms with Crippen molar-refractivity contribution >= 4 is 23.7 Å². The monoisotopic (exact) mass is 760 g/mol. The van der Waals surface area contributed by atoms with E-state index in [-0.39, 0.29) is 55.8 Å². The third-order valence-corrected chi connectivity index (χ3v) is 9.33. The van der Waals surface area contributed by atoms with Gasteiger partial charge < -0.3 is 29.8 Å². The number of ether oxygens (including phenoxy) is 1. The highest BCUT2D eigenvalue weighted by Crippen LogP contribution is 2.27. The van der Waals surface area contributed by atoms with Gasteiger partial charge in [0, 0.05) is 62.9 Å². The second kappa shape index (κ2) is 19.7. The minimum atomic E-state index is -1.50. The molecule has 3 aromatic heterocycles. The summed E-state index contributed by atoms with van der Waals surface area (Å²) in [5.41, 5.74) is 2.21. The molecule has 2 aliphatic rings. The number of pyridine rings is 1. The summed E-state index contributed by atoms with van der Waals surface area (Å²) in [4.78, 5) is 63.0. The Kier molecular flexibility index (Phi) is 14.6. The van der Waals surface area contributed by atoms with Gasteiger partial charge in [-0.15, -0.1) is 5.10 Å². The fraction of sp³-hybridized carbons (Fsp3) is 0.487. The Morgan fingerprint density at radius 2 is 1.96 bits per heavy atom. The molecule has 0 aromatic carbocycles. The van der Waals surface area contributed by atoms with Crippen LogP contribution in [0, 0.1) is 11.8 Å². The number of carbonyl (C=O) groups excluding carboxylic acids is 4. The van der Waals surface area contributed by atoms with Gasteiger partial charge in [0.1, 0.15) is 30.3 Å². The minimum absolute atomic E-state index is 0.00238. The first-order valence-electron chi connectivity index (χ1n) is 18.6. The van der Waals surface area contributed by atoms with Gasteiger partial charge in [-0.05, 0) is 50.3 Å². The number of aliphatic hydroxyl groups excluding tert-OH is 1. The largest absolute Gasteiger partial charge is 0.460 e. The van der Waals surface area contributed by atoms with E-state index in [9.17, 15) is 28.7 Å². The van der Waals surface area contributed by atoms with E-state index in [4.69, 9.17) is 9.15 Å². The van der Waals surface area contributed by atoms with Crippen molar-refractivity contribution in [3.8, 4) is 11.3 Å². The summed E-state index contributed by atoms with van der Waals surface area (Å²) < 4.78 is 28.0. The van der Waals surface area contributed by atoms with Gasteiger partial charge >= 0.3 is 5.97 Å². The van der Waals surface area contributed by atoms with Crippen molar-refractivity contribution in [3.63, 3.8) is 0 Å². The molecule has 0 radical (unpaired) electrons. The molecule has 5 atom stereocenters. The summed E-state index contributed by atoms with van der Waals surface area (Å²) in [6.07, 6.45) is 11.6. The summed E-state index contributed by atoms with van der Waals surface area (Å²) in [5, 5.41) is 24.4. The van der Waals surface area contributed by atoms with Gasteiger partial charge in [-0.1, -0.05) is 48.9 Å². The molecule has 5 rings (SSSR count). The van der Waals surface area contributed by atoms with Crippen LogP contribution < -0.4 is 10.6 Å². The second-order valence-electron chi connectivity index (χ2n) is 14.1. The summed E-state index contributed by atoms with van der Waals surface area (Å²) in [6, 6.07) is 2.77. The number of carbonyl (C=O) groups is 4. The van der Waals surface area contributed by atoms with Gasteiger partial charge in [0.05, 0.1) is 18.7 Å². The summed E-state index contributed by atoms with van der Waals surface area (Å²) in [6.45, 7) is 6.75. The third kappa shape index (κ3) is 12.0. The van der Waals surface area contributed by atoms with Gasteiger partial charge in [0.15, 0.2) is 11.6 Å². The lowest BCUT2D eigenvalue weighted by molar-refractivity contribution is -0.159. The quantitative estimate of drug-likeness (QED) is 0.225. The zero-order valence-corrected chi connectivity index (χ0v) is 31.3. The zero-order valence-electron chi connectivity index (χ0n) is 31.3. The van der Waals surface area contributed by atoms with Gasteiger partial charge in [0.25, 0.3) is 5.91 Å². The molecule has 5 unspecified atom stereocenters. The normalized spacial score (nSPS) is 23.8. The molecule has 3 aromatic rings. The summed E-state index contributed by atoms with van der Waals surface area (Å²) in [7, 11) is 0. The van der Waals surface area contributed by atoms with E-state index in [1.54, 1.807) is 42.2 Å².